The maximum atomic E-state index is 12.9. The number of fused-ring (bicyclic) bond motifs is 1. The molecule has 0 spiro atoms. The summed E-state index contributed by atoms with van der Waals surface area (Å²) in [6.45, 7) is 4.10. The second-order valence-corrected chi connectivity index (χ2v) is 8.49. The first-order valence-corrected chi connectivity index (χ1v) is 10.9. The van der Waals surface area contributed by atoms with Gasteiger partial charge in [-0.05, 0) is 78.6 Å². The van der Waals surface area contributed by atoms with Crippen molar-refractivity contribution in [3.63, 3.8) is 0 Å². The van der Waals surface area contributed by atoms with Gasteiger partial charge in [0.25, 0.3) is 0 Å². The number of anilines is 1. The number of nitrogens with zero attached hydrogens (tertiary/aromatic N) is 1. The number of hydrogen-bond donors (Lipinski definition) is 1. The van der Waals surface area contributed by atoms with Gasteiger partial charge >= 0.3 is 0 Å². The van der Waals surface area contributed by atoms with Gasteiger partial charge in [-0.1, -0.05) is 30.3 Å². The van der Waals surface area contributed by atoms with Crippen LogP contribution in [0.15, 0.2) is 66.7 Å². The van der Waals surface area contributed by atoms with Gasteiger partial charge in [-0.15, -0.1) is 11.3 Å². The molecule has 0 saturated carbocycles. The third kappa shape index (κ3) is 5.01. The van der Waals surface area contributed by atoms with Gasteiger partial charge in [-0.25, -0.2) is 4.98 Å². The Morgan fingerprint density at radius 3 is 2.65 bits per heavy atom. The fourth-order valence-electron chi connectivity index (χ4n) is 3.33. The van der Waals surface area contributed by atoms with Crippen LogP contribution < -0.4 is 10.1 Å². The minimum absolute atomic E-state index is 0.0725. The number of para-hydroxylation sites is 1. The van der Waals surface area contributed by atoms with Crippen LogP contribution in [-0.2, 0) is 4.79 Å². The number of methoxy groups -OCH3 is 1. The number of carbonyl (C=O) groups is 1. The highest BCUT2D eigenvalue weighted by Crippen LogP contribution is 2.31. The highest BCUT2D eigenvalue weighted by molar-refractivity contribution is 7.19. The molecule has 0 radical (unpaired) electrons. The largest absolute Gasteiger partial charge is 0.497 e. The van der Waals surface area contributed by atoms with Gasteiger partial charge in [-0.2, -0.15) is 0 Å². The van der Waals surface area contributed by atoms with Gasteiger partial charge in [0.05, 0.1) is 23.7 Å². The Morgan fingerprint density at radius 2 is 1.87 bits per heavy atom. The lowest BCUT2D eigenvalue weighted by atomic mass is 10.1. The van der Waals surface area contributed by atoms with Gasteiger partial charge in [0.1, 0.15) is 10.8 Å². The maximum Gasteiger partial charge on any atom is 0.228 e. The van der Waals surface area contributed by atoms with E-state index in [1.165, 1.54) is 5.56 Å². The van der Waals surface area contributed by atoms with Crippen LogP contribution in [-0.4, -0.2) is 18.0 Å². The predicted octanol–water partition coefficient (Wildman–Crippen LogP) is 6.49. The van der Waals surface area contributed by atoms with Crippen molar-refractivity contribution in [2.24, 2.45) is 0 Å². The third-order valence-corrected chi connectivity index (χ3v) is 6.26. The molecule has 0 fully saturated rings. The number of amides is 1. The number of aromatic nitrogens is 1. The smallest absolute Gasteiger partial charge is 0.228 e. The normalized spacial score (nSPS) is 11.5. The molecule has 0 bridgehead atoms. The van der Waals surface area contributed by atoms with Crippen molar-refractivity contribution in [1.29, 1.82) is 0 Å². The van der Waals surface area contributed by atoms with Gasteiger partial charge < -0.3 is 10.1 Å². The Morgan fingerprint density at radius 1 is 1.03 bits per heavy atom. The van der Waals surface area contributed by atoms with Crippen molar-refractivity contribution in [3.05, 3.63) is 88.4 Å². The van der Waals surface area contributed by atoms with E-state index in [-0.39, 0.29) is 12.3 Å². The van der Waals surface area contributed by atoms with Crippen molar-refractivity contribution in [3.8, 4) is 5.75 Å². The highest BCUT2D eigenvalue weighted by Gasteiger charge is 2.14. The van der Waals surface area contributed by atoms with E-state index < -0.39 is 0 Å². The highest BCUT2D eigenvalue weighted by atomic mass is 32.1. The van der Waals surface area contributed by atoms with Crippen LogP contribution in [0.4, 0.5) is 5.69 Å². The quantitative estimate of drug-likeness (QED) is 0.382. The summed E-state index contributed by atoms with van der Waals surface area (Å²) in [6, 6.07) is 21.8. The van der Waals surface area contributed by atoms with Crippen molar-refractivity contribution in [2.75, 3.05) is 12.4 Å². The van der Waals surface area contributed by atoms with Gasteiger partial charge in [0, 0.05) is 5.69 Å². The summed E-state index contributed by atoms with van der Waals surface area (Å²) in [5, 5.41) is 3.87. The predicted molar refractivity (Wildman–Crippen MR) is 130 cm³/mol. The standard InChI is InChI=1S/C26H24N2O2S/c1-17-11-12-21(13-18(17)2)27-25(29)16-20(14-19-7-6-8-22(15-19)30-3)26-28-23-9-4-5-10-24(23)31-26/h4-15H,16H2,1-3H3,(H,27,29). The summed E-state index contributed by atoms with van der Waals surface area (Å²) in [5.41, 5.74) is 5.93. The SMILES string of the molecule is COc1cccc(C=C(CC(=O)Nc2ccc(C)c(C)c2)c2nc3ccccc3s2)c1. The third-order valence-electron chi connectivity index (χ3n) is 5.14. The van der Waals surface area contributed by atoms with E-state index in [2.05, 4.69) is 18.3 Å². The molecular weight excluding hydrogens is 404 g/mol. The number of thiazole rings is 1. The van der Waals surface area contributed by atoms with E-state index >= 15 is 0 Å². The second-order valence-electron chi connectivity index (χ2n) is 7.46. The van der Waals surface area contributed by atoms with Gasteiger partial charge in [-0.3, -0.25) is 4.79 Å². The summed E-state index contributed by atoms with van der Waals surface area (Å²) >= 11 is 1.60. The lowest BCUT2D eigenvalue weighted by molar-refractivity contribution is -0.115. The van der Waals surface area contributed by atoms with Crippen LogP contribution in [0.3, 0.4) is 0 Å². The van der Waals surface area contributed by atoms with E-state index in [0.29, 0.717) is 0 Å². The molecule has 0 aliphatic rings. The number of hydrogen-bond acceptors (Lipinski definition) is 4. The number of nitrogens with one attached hydrogen (secondary N) is 1. The summed E-state index contributed by atoms with van der Waals surface area (Å²) in [4.78, 5) is 17.7. The topological polar surface area (TPSA) is 51.2 Å². The number of ether oxygens (including phenoxy) is 1. The fraction of sp³-hybridized carbons (Fsp3) is 0.154. The first-order chi connectivity index (χ1) is 15.0. The van der Waals surface area contributed by atoms with Crippen molar-refractivity contribution >= 4 is 44.8 Å². The summed E-state index contributed by atoms with van der Waals surface area (Å²) in [5.74, 6) is 0.702. The average Bonchev–Trinajstić information content (AvgIpc) is 3.20. The number of carbonyl (C=O) groups excluding carboxylic acids is 1. The molecule has 4 nitrogen and oxygen atoms in total. The number of rotatable bonds is 6. The zero-order chi connectivity index (χ0) is 21.8. The first-order valence-electron chi connectivity index (χ1n) is 10.1. The molecule has 4 aromatic rings. The van der Waals surface area contributed by atoms with Crippen LogP contribution in [0.25, 0.3) is 21.9 Å². The molecule has 1 amide bonds. The fourth-order valence-corrected chi connectivity index (χ4v) is 4.31. The molecule has 1 N–H and O–H groups in total. The molecule has 0 saturated heterocycles. The Kier molecular flexibility index (Phi) is 6.14. The Hall–Kier alpha value is -3.44. The monoisotopic (exact) mass is 428 g/mol. The maximum absolute atomic E-state index is 12.9. The van der Waals surface area contributed by atoms with Crippen LogP contribution >= 0.6 is 11.3 Å². The van der Waals surface area contributed by atoms with E-state index in [9.17, 15) is 4.79 Å². The molecule has 156 valence electrons. The molecule has 4 rings (SSSR count). The molecule has 0 unspecified atom stereocenters. The van der Waals surface area contributed by atoms with E-state index in [0.717, 1.165) is 43.4 Å². The zero-order valence-electron chi connectivity index (χ0n) is 17.8. The Labute approximate surface area is 186 Å². The summed E-state index contributed by atoms with van der Waals surface area (Å²) < 4.78 is 6.45. The van der Waals surface area contributed by atoms with Crippen molar-refractivity contribution in [1.82, 2.24) is 4.98 Å². The first kappa shape index (κ1) is 20.8. The van der Waals surface area contributed by atoms with E-state index in [4.69, 9.17) is 9.72 Å². The molecule has 31 heavy (non-hydrogen) atoms. The molecule has 0 aliphatic heterocycles. The average molecular weight is 429 g/mol. The minimum atomic E-state index is -0.0725. The lowest BCUT2D eigenvalue weighted by Crippen LogP contribution is -2.12. The van der Waals surface area contributed by atoms with E-state index in [1.54, 1.807) is 18.4 Å². The number of aryl methyl sites for hydroxylation is 2. The summed E-state index contributed by atoms with van der Waals surface area (Å²) in [6.07, 6.45) is 2.24. The van der Waals surface area contributed by atoms with Crippen LogP contribution in [0.5, 0.6) is 5.75 Å². The molecule has 1 heterocycles. The van der Waals surface area contributed by atoms with Gasteiger partial charge in [0.15, 0.2) is 0 Å². The second kappa shape index (κ2) is 9.14. The molecule has 5 heteroatoms. The van der Waals surface area contributed by atoms with Crippen LogP contribution in [0.2, 0.25) is 0 Å². The van der Waals surface area contributed by atoms with Crippen LogP contribution in [0, 0.1) is 13.8 Å². The van der Waals surface area contributed by atoms with Crippen molar-refractivity contribution < 1.29 is 9.53 Å². The Balaban J connectivity index is 1.66. The Bertz CT molecular complexity index is 1240. The van der Waals surface area contributed by atoms with Gasteiger partial charge in [0.2, 0.25) is 5.91 Å². The molecule has 0 atom stereocenters. The minimum Gasteiger partial charge on any atom is -0.497 e. The number of benzene rings is 3. The van der Waals surface area contributed by atoms with E-state index in [1.807, 2.05) is 73.7 Å². The van der Waals surface area contributed by atoms with Crippen molar-refractivity contribution in [2.45, 2.75) is 20.3 Å². The molecular formula is C26H24N2O2S. The molecule has 0 aliphatic carbocycles. The molecule has 3 aromatic carbocycles. The molecule has 1 aromatic heterocycles. The van der Waals surface area contributed by atoms with Crippen LogP contribution in [0.1, 0.15) is 28.1 Å². The zero-order valence-corrected chi connectivity index (χ0v) is 18.6. The summed E-state index contributed by atoms with van der Waals surface area (Å²) in [7, 11) is 1.65. The lowest BCUT2D eigenvalue weighted by Gasteiger charge is -2.09.